The first-order valence-corrected chi connectivity index (χ1v) is 6.03. The lowest BCUT2D eigenvalue weighted by Gasteiger charge is -2.08. The maximum atomic E-state index is 11.8. The third-order valence-corrected chi connectivity index (χ3v) is 2.48. The van der Waals surface area contributed by atoms with E-state index in [2.05, 4.69) is 10.1 Å². The number of carbonyl (C=O) groups excluding carboxylic acids is 1. The topological polar surface area (TPSA) is 38.3 Å². The Morgan fingerprint density at radius 2 is 1.89 bits per heavy atom. The van der Waals surface area contributed by atoms with Crippen molar-refractivity contribution in [1.29, 1.82) is 0 Å². The summed E-state index contributed by atoms with van der Waals surface area (Å²) in [7, 11) is 0. The molecule has 1 N–H and O–H groups in total. The van der Waals surface area contributed by atoms with Crippen molar-refractivity contribution in [3.8, 4) is 0 Å². The summed E-state index contributed by atoms with van der Waals surface area (Å²) in [4.78, 5) is 11.6. The van der Waals surface area contributed by atoms with Gasteiger partial charge in [-0.05, 0) is 17.7 Å². The predicted molar refractivity (Wildman–Crippen MR) is 65.2 cm³/mol. The zero-order valence-electron chi connectivity index (χ0n) is 9.97. The molecule has 0 heterocycles. The van der Waals surface area contributed by atoms with E-state index in [-0.39, 0.29) is 19.1 Å². The van der Waals surface area contributed by atoms with Gasteiger partial charge in [-0.3, -0.25) is 4.79 Å². The number of amides is 1. The van der Waals surface area contributed by atoms with E-state index in [0.29, 0.717) is 11.4 Å². The fourth-order valence-electron chi connectivity index (χ4n) is 1.27. The number of nitrogens with one attached hydrogen (secondary N) is 1. The fourth-order valence-corrected chi connectivity index (χ4v) is 1.45. The number of alkyl halides is 4. The van der Waals surface area contributed by atoms with Crippen LogP contribution in [-0.4, -0.2) is 31.8 Å². The molecule has 0 bridgehead atoms. The Labute approximate surface area is 113 Å². The number of halogens is 4. The summed E-state index contributed by atoms with van der Waals surface area (Å²) in [5.41, 5.74) is 1.30. The van der Waals surface area contributed by atoms with Crippen LogP contribution in [0, 0.1) is 0 Å². The molecular weight excluding hydrogens is 283 g/mol. The SMILES string of the molecule is O=C(NCCOCC(F)(F)F)c1ccc(CCl)cc1. The summed E-state index contributed by atoms with van der Waals surface area (Å²) < 4.78 is 39.6. The van der Waals surface area contributed by atoms with Crippen LogP contribution >= 0.6 is 11.6 Å². The van der Waals surface area contributed by atoms with E-state index in [1.807, 2.05) is 0 Å². The van der Waals surface area contributed by atoms with Crippen LogP contribution in [0.1, 0.15) is 15.9 Å². The van der Waals surface area contributed by atoms with Gasteiger partial charge in [-0.25, -0.2) is 0 Å². The molecule has 1 rings (SSSR count). The molecule has 0 aliphatic heterocycles. The van der Waals surface area contributed by atoms with Crippen molar-refractivity contribution in [2.75, 3.05) is 19.8 Å². The van der Waals surface area contributed by atoms with Gasteiger partial charge < -0.3 is 10.1 Å². The highest BCUT2D eigenvalue weighted by atomic mass is 35.5. The second-order valence-corrected chi connectivity index (χ2v) is 4.02. The largest absolute Gasteiger partial charge is 0.411 e. The molecule has 0 aliphatic rings. The van der Waals surface area contributed by atoms with Crippen molar-refractivity contribution in [2.24, 2.45) is 0 Å². The van der Waals surface area contributed by atoms with Crippen molar-refractivity contribution in [1.82, 2.24) is 5.32 Å². The van der Waals surface area contributed by atoms with E-state index >= 15 is 0 Å². The van der Waals surface area contributed by atoms with E-state index in [1.54, 1.807) is 24.3 Å². The van der Waals surface area contributed by atoms with Crippen molar-refractivity contribution in [3.63, 3.8) is 0 Å². The zero-order chi connectivity index (χ0) is 14.3. The molecular formula is C12H13ClF3NO2. The fraction of sp³-hybridized carbons (Fsp3) is 0.417. The maximum Gasteiger partial charge on any atom is 0.411 e. The molecule has 0 aliphatic carbocycles. The second kappa shape index (κ2) is 7.35. The average molecular weight is 296 g/mol. The maximum absolute atomic E-state index is 11.8. The Morgan fingerprint density at radius 1 is 1.26 bits per heavy atom. The summed E-state index contributed by atoms with van der Waals surface area (Å²) in [5.74, 6) is -0.00979. The second-order valence-electron chi connectivity index (χ2n) is 3.75. The third kappa shape index (κ3) is 6.45. The summed E-state index contributed by atoms with van der Waals surface area (Å²) in [6, 6.07) is 6.62. The Morgan fingerprint density at radius 3 is 2.42 bits per heavy atom. The van der Waals surface area contributed by atoms with E-state index in [1.165, 1.54) is 0 Å². The summed E-state index contributed by atoms with van der Waals surface area (Å²) >= 11 is 5.61. The molecule has 0 radical (unpaired) electrons. The van der Waals surface area contributed by atoms with Crippen molar-refractivity contribution >= 4 is 17.5 Å². The van der Waals surface area contributed by atoms with Crippen molar-refractivity contribution in [3.05, 3.63) is 35.4 Å². The summed E-state index contributed by atoms with van der Waals surface area (Å²) in [5, 5.41) is 2.46. The first-order chi connectivity index (χ1) is 8.92. The first kappa shape index (κ1) is 15.8. The zero-order valence-corrected chi connectivity index (χ0v) is 10.7. The summed E-state index contributed by atoms with van der Waals surface area (Å²) in [6.07, 6.45) is -4.35. The number of hydrogen-bond acceptors (Lipinski definition) is 2. The Balaban J connectivity index is 2.27. The molecule has 1 amide bonds. The number of carbonyl (C=O) groups is 1. The number of benzene rings is 1. The average Bonchev–Trinajstić information content (AvgIpc) is 2.37. The van der Waals surface area contributed by atoms with Crippen LogP contribution in [0.5, 0.6) is 0 Å². The van der Waals surface area contributed by atoms with Crippen LogP contribution < -0.4 is 5.32 Å². The highest BCUT2D eigenvalue weighted by Crippen LogP contribution is 2.14. The minimum absolute atomic E-state index is 0.0200. The molecule has 0 saturated carbocycles. The minimum Gasteiger partial charge on any atom is -0.370 e. The van der Waals surface area contributed by atoms with Gasteiger partial charge in [0, 0.05) is 18.0 Å². The highest BCUT2D eigenvalue weighted by molar-refractivity contribution is 6.17. The molecule has 0 fully saturated rings. The lowest BCUT2D eigenvalue weighted by Crippen LogP contribution is -2.28. The number of ether oxygens (including phenoxy) is 1. The highest BCUT2D eigenvalue weighted by Gasteiger charge is 2.27. The third-order valence-electron chi connectivity index (χ3n) is 2.17. The lowest BCUT2D eigenvalue weighted by atomic mass is 10.1. The molecule has 0 unspecified atom stereocenters. The Kier molecular flexibility index (Phi) is 6.11. The quantitative estimate of drug-likeness (QED) is 0.647. The van der Waals surface area contributed by atoms with E-state index < -0.39 is 12.8 Å². The van der Waals surface area contributed by atoms with Crippen LogP contribution in [0.4, 0.5) is 13.2 Å². The van der Waals surface area contributed by atoms with Gasteiger partial charge in [-0.15, -0.1) is 11.6 Å². The molecule has 1 aromatic carbocycles. The molecule has 106 valence electrons. The van der Waals surface area contributed by atoms with Gasteiger partial charge in [0.1, 0.15) is 6.61 Å². The van der Waals surface area contributed by atoms with E-state index in [9.17, 15) is 18.0 Å². The smallest absolute Gasteiger partial charge is 0.370 e. The van der Waals surface area contributed by atoms with Crippen LogP contribution in [-0.2, 0) is 10.6 Å². The van der Waals surface area contributed by atoms with E-state index in [4.69, 9.17) is 11.6 Å². The first-order valence-electron chi connectivity index (χ1n) is 5.50. The van der Waals surface area contributed by atoms with Crippen LogP contribution in [0.2, 0.25) is 0 Å². The normalized spacial score (nSPS) is 11.4. The van der Waals surface area contributed by atoms with Gasteiger partial charge in [0.15, 0.2) is 0 Å². The van der Waals surface area contributed by atoms with E-state index in [0.717, 1.165) is 5.56 Å². The molecule has 0 spiro atoms. The van der Waals surface area contributed by atoms with Crippen LogP contribution in [0.3, 0.4) is 0 Å². The molecule has 19 heavy (non-hydrogen) atoms. The van der Waals surface area contributed by atoms with Gasteiger partial charge >= 0.3 is 6.18 Å². The van der Waals surface area contributed by atoms with Crippen molar-refractivity contribution < 1.29 is 22.7 Å². The van der Waals surface area contributed by atoms with Crippen LogP contribution in [0.15, 0.2) is 24.3 Å². The summed E-state index contributed by atoms with van der Waals surface area (Å²) in [6.45, 7) is -1.48. The van der Waals surface area contributed by atoms with Gasteiger partial charge in [0.2, 0.25) is 0 Å². The lowest BCUT2D eigenvalue weighted by molar-refractivity contribution is -0.173. The molecule has 0 aromatic heterocycles. The minimum atomic E-state index is -4.35. The Hall–Kier alpha value is -1.27. The van der Waals surface area contributed by atoms with Crippen molar-refractivity contribution in [2.45, 2.75) is 12.1 Å². The Bertz CT molecular complexity index is 406. The number of hydrogen-bond donors (Lipinski definition) is 1. The standard InChI is InChI=1S/C12H13ClF3NO2/c13-7-9-1-3-10(4-2-9)11(18)17-5-6-19-8-12(14,15)16/h1-4H,5-8H2,(H,17,18). The van der Waals surface area contributed by atoms with Gasteiger partial charge in [-0.2, -0.15) is 13.2 Å². The van der Waals surface area contributed by atoms with Gasteiger partial charge in [0.25, 0.3) is 5.91 Å². The molecule has 0 saturated heterocycles. The molecule has 1 aromatic rings. The van der Waals surface area contributed by atoms with Gasteiger partial charge in [-0.1, -0.05) is 12.1 Å². The predicted octanol–water partition coefficient (Wildman–Crippen LogP) is 2.73. The monoisotopic (exact) mass is 295 g/mol. The number of rotatable bonds is 6. The molecule has 3 nitrogen and oxygen atoms in total. The molecule has 7 heteroatoms. The van der Waals surface area contributed by atoms with Crippen LogP contribution in [0.25, 0.3) is 0 Å². The molecule has 0 atom stereocenters. The van der Waals surface area contributed by atoms with Gasteiger partial charge in [0.05, 0.1) is 6.61 Å².